The summed E-state index contributed by atoms with van der Waals surface area (Å²) in [5.74, 6) is -3.97. The van der Waals surface area contributed by atoms with E-state index in [0.29, 0.717) is 33.3 Å². The lowest BCUT2D eigenvalue weighted by Gasteiger charge is -2.25. The molecule has 3 amide bonds. The fourth-order valence-electron chi connectivity index (χ4n) is 7.82. The number of aromatic nitrogens is 2. The molecule has 0 saturated carbocycles. The largest absolute Gasteiger partial charge is 0.480 e. The Kier molecular flexibility index (Phi) is 11.3. The summed E-state index contributed by atoms with van der Waals surface area (Å²) in [6, 6.07) is 28.2. The zero-order valence-electron chi connectivity index (χ0n) is 32.7. The van der Waals surface area contributed by atoms with Gasteiger partial charge in [-0.25, -0.2) is 26.9 Å². The lowest BCUT2D eigenvalue weighted by Crippen LogP contribution is -2.38. The van der Waals surface area contributed by atoms with Crippen molar-refractivity contribution in [1.29, 1.82) is 0 Å². The van der Waals surface area contributed by atoms with Gasteiger partial charge in [-0.2, -0.15) is 0 Å². The van der Waals surface area contributed by atoms with Crippen LogP contribution in [0, 0.1) is 20.8 Å². The topological polar surface area (TPSA) is 177 Å². The summed E-state index contributed by atoms with van der Waals surface area (Å²) in [5, 5.41) is 14.2. The number of carbonyl (C=O) groups is 4. The smallest absolute Gasteiger partial charge is 0.417 e. The Morgan fingerprint density at radius 1 is 0.915 bits per heavy atom. The third-order valence-corrected chi connectivity index (χ3v) is 12.4. The molecule has 1 saturated heterocycles. The van der Waals surface area contributed by atoms with Crippen molar-refractivity contribution in [3.05, 3.63) is 161 Å². The fraction of sp³-hybridized carbons (Fsp3) is 0.200. The number of amides is 3. The lowest BCUT2D eigenvalue weighted by molar-refractivity contribution is -0.139. The number of hydrogen-bond acceptors (Lipinski definition) is 9. The van der Waals surface area contributed by atoms with Gasteiger partial charge in [-0.05, 0) is 74.2 Å². The molecule has 1 aliphatic rings. The molecule has 2 N–H and O–H groups in total. The first-order valence-electron chi connectivity index (χ1n) is 18.8. The number of aliphatic carboxylic acids is 1. The van der Waals surface area contributed by atoms with Crippen molar-refractivity contribution in [2.75, 3.05) is 11.9 Å². The monoisotopic (exact) mass is 811 g/mol. The standard InChI is InChI=1S/C45H41N5O8S/c1-27-22-28(2)42(29(3)23-27)59(56,57)49-25-35(33-17-9-11-20-38(33)49)34(24-40(51)50-39(26-58-45(50)55)31-14-6-5-7-15-31)41(44(53)54)47-30(4)32-16-8-10-18-36(32)48-43(52)37-19-12-13-21-46-37/h5-23,25,34,39,41H,24,26H2,1-4H3,(H,48,52)(H,53,54)/t34-,39-,41+/m0/s1. The SMILES string of the molecule is CC(=N[C@@H](C(=O)O)[C@@H](CC(=O)N1C(=O)OC[C@H]1c1ccccc1)c1cn(S(=O)(=O)c2c(C)cc(C)cc2C)c2ccccc12)c1ccccc1NC(=O)c1ccccn1. The van der Waals surface area contributed by atoms with Gasteiger partial charge < -0.3 is 15.2 Å². The lowest BCUT2D eigenvalue weighted by atomic mass is 9.87. The number of anilines is 1. The minimum absolute atomic E-state index is 0.0987. The Morgan fingerprint density at radius 3 is 2.27 bits per heavy atom. The second kappa shape index (κ2) is 16.5. The van der Waals surface area contributed by atoms with Crippen molar-refractivity contribution in [3.8, 4) is 0 Å². The van der Waals surface area contributed by atoms with E-state index in [9.17, 15) is 32.7 Å². The Hall–Kier alpha value is -6.93. The number of cyclic esters (lactones) is 1. The first kappa shape index (κ1) is 40.3. The summed E-state index contributed by atoms with van der Waals surface area (Å²) >= 11 is 0. The molecule has 0 unspecified atom stereocenters. The Balaban J connectivity index is 1.38. The average Bonchev–Trinajstić information content (AvgIpc) is 3.81. The number of para-hydroxylation sites is 2. The summed E-state index contributed by atoms with van der Waals surface area (Å²) in [6.45, 7) is 6.79. The van der Waals surface area contributed by atoms with Crippen LogP contribution in [0.4, 0.5) is 10.5 Å². The van der Waals surface area contributed by atoms with Gasteiger partial charge in [0.15, 0.2) is 6.04 Å². The van der Waals surface area contributed by atoms with Crippen LogP contribution < -0.4 is 5.32 Å². The number of imide groups is 1. The van der Waals surface area contributed by atoms with Crippen LogP contribution >= 0.6 is 0 Å². The van der Waals surface area contributed by atoms with E-state index in [0.717, 1.165) is 14.4 Å². The van der Waals surface area contributed by atoms with E-state index < -0.39 is 58.3 Å². The Labute approximate surface area is 341 Å². The highest BCUT2D eigenvalue weighted by Crippen LogP contribution is 2.39. The van der Waals surface area contributed by atoms with Crippen molar-refractivity contribution in [2.24, 2.45) is 4.99 Å². The van der Waals surface area contributed by atoms with Crippen molar-refractivity contribution < 1.29 is 37.4 Å². The van der Waals surface area contributed by atoms with Crippen molar-refractivity contribution in [1.82, 2.24) is 13.9 Å². The molecule has 0 spiro atoms. The number of ether oxygens (including phenoxy) is 1. The number of nitrogens with zero attached hydrogens (tertiary/aromatic N) is 4. The molecule has 0 radical (unpaired) electrons. The Bertz CT molecular complexity index is 2730. The summed E-state index contributed by atoms with van der Waals surface area (Å²) in [7, 11) is -4.29. The Morgan fingerprint density at radius 2 is 1.58 bits per heavy atom. The second-order valence-electron chi connectivity index (χ2n) is 14.4. The molecule has 3 heterocycles. The second-order valence-corrected chi connectivity index (χ2v) is 16.2. The van der Waals surface area contributed by atoms with E-state index in [4.69, 9.17) is 9.73 Å². The molecule has 0 aliphatic carbocycles. The number of fused-ring (bicyclic) bond motifs is 1. The van der Waals surface area contributed by atoms with Crippen LogP contribution in [0.5, 0.6) is 0 Å². The van der Waals surface area contributed by atoms with Gasteiger partial charge in [0.25, 0.3) is 15.9 Å². The molecule has 6 aromatic rings. The van der Waals surface area contributed by atoms with Crippen LogP contribution in [0.15, 0.2) is 131 Å². The molecular weight excluding hydrogens is 771 g/mol. The maximum Gasteiger partial charge on any atom is 0.417 e. The van der Waals surface area contributed by atoms with Crippen LogP contribution in [-0.2, 0) is 24.3 Å². The van der Waals surface area contributed by atoms with E-state index >= 15 is 0 Å². The molecule has 2 aromatic heterocycles. The maximum absolute atomic E-state index is 14.6. The number of carboxylic acid groups (broad SMARTS) is 1. The summed E-state index contributed by atoms with van der Waals surface area (Å²) < 4.78 is 35.8. The molecule has 14 heteroatoms. The van der Waals surface area contributed by atoms with Gasteiger partial charge in [0.05, 0.1) is 16.1 Å². The molecule has 1 fully saturated rings. The first-order chi connectivity index (χ1) is 28.3. The van der Waals surface area contributed by atoms with E-state index in [1.54, 1.807) is 130 Å². The number of benzene rings is 4. The first-order valence-corrected chi connectivity index (χ1v) is 20.3. The zero-order valence-corrected chi connectivity index (χ0v) is 33.5. The molecule has 0 bridgehead atoms. The van der Waals surface area contributed by atoms with Crippen LogP contribution in [0.2, 0.25) is 0 Å². The van der Waals surface area contributed by atoms with Gasteiger partial charge >= 0.3 is 12.1 Å². The summed E-state index contributed by atoms with van der Waals surface area (Å²) in [4.78, 5) is 64.3. The predicted molar refractivity (Wildman–Crippen MR) is 222 cm³/mol. The van der Waals surface area contributed by atoms with Crippen LogP contribution in [0.1, 0.15) is 69.2 Å². The minimum atomic E-state index is -4.29. The third-order valence-electron chi connectivity index (χ3n) is 10.4. The minimum Gasteiger partial charge on any atom is -0.480 e. The van der Waals surface area contributed by atoms with Crippen molar-refractivity contribution in [3.63, 3.8) is 0 Å². The van der Waals surface area contributed by atoms with Gasteiger partial charge in [-0.1, -0.05) is 90.5 Å². The van der Waals surface area contributed by atoms with E-state index in [1.165, 1.54) is 12.4 Å². The normalized spacial score (nSPS) is 15.5. The fourth-order valence-corrected chi connectivity index (χ4v) is 9.62. The van der Waals surface area contributed by atoms with Gasteiger partial charge in [0.1, 0.15) is 18.3 Å². The molecule has 59 heavy (non-hydrogen) atoms. The molecule has 1 aliphatic heterocycles. The van der Waals surface area contributed by atoms with Crippen LogP contribution in [-0.4, -0.2) is 69.6 Å². The van der Waals surface area contributed by atoms with Crippen LogP contribution in [0.25, 0.3) is 10.9 Å². The number of pyridine rings is 1. The zero-order chi connectivity index (χ0) is 42.0. The van der Waals surface area contributed by atoms with Gasteiger partial charge in [0.2, 0.25) is 5.91 Å². The number of carbonyl (C=O) groups excluding carboxylic acids is 3. The summed E-state index contributed by atoms with van der Waals surface area (Å²) in [5.41, 5.74) is 4.17. The molecule has 7 rings (SSSR count). The molecule has 300 valence electrons. The summed E-state index contributed by atoms with van der Waals surface area (Å²) in [6.07, 6.45) is 1.39. The van der Waals surface area contributed by atoms with Crippen molar-refractivity contribution in [2.45, 2.75) is 57.0 Å². The quantitative estimate of drug-likeness (QED) is 0.118. The van der Waals surface area contributed by atoms with Gasteiger partial charge in [-0.3, -0.25) is 19.6 Å². The van der Waals surface area contributed by atoms with E-state index in [-0.39, 0.29) is 34.0 Å². The highest BCUT2D eigenvalue weighted by molar-refractivity contribution is 7.90. The molecule has 13 nitrogen and oxygen atoms in total. The van der Waals surface area contributed by atoms with Gasteiger partial charge in [0, 0.05) is 41.4 Å². The van der Waals surface area contributed by atoms with E-state index in [2.05, 4.69) is 10.3 Å². The van der Waals surface area contributed by atoms with Gasteiger partial charge in [-0.15, -0.1) is 0 Å². The molecular formula is C45H41N5O8S. The number of carboxylic acids is 1. The highest BCUT2D eigenvalue weighted by Gasteiger charge is 2.42. The maximum atomic E-state index is 14.6. The number of nitrogens with one attached hydrogen (secondary N) is 1. The number of aliphatic imine (C=N–C) groups is 1. The third kappa shape index (κ3) is 7.99. The van der Waals surface area contributed by atoms with E-state index in [1.807, 2.05) is 6.92 Å². The van der Waals surface area contributed by atoms with Crippen molar-refractivity contribution >= 4 is 56.2 Å². The average molecular weight is 812 g/mol. The van der Waals surface area contributed by atoms with Crippen LogP contribution in [0.3, 0.4) is 0 Å². The highest BCUT2D eigenvalue weighted by atomic mass is 32.2. The number of aryl methyl sites for hydroxylation is 3. The number of rotatable bonds is 12. The molecule has 4 aromatic carbocycles. The predicted octanol–water partition coefficient (Wildman–Crippen LogP) is 7.61. The molecule has 3 atom stereocenters. The number of hydrogen-bond donors (Lipinski definition) is 2.